The van der Waals surface area contributed by atoms with E-state index in [0.29, 0.717) is 32.2 Å². The number of aryl methyl sites for hydroxylation is 2. The summed E-state index contributed by atoms with van der Waals surface area (Å²) < 4.78 is 16.8. The largest absolute Gasteiger partial charge is 0.494 e. The number of hydrogen-bond donors (Lipinski definition) is 0. The van der Waals surface area contributed by atoms with Gasteiger partial charge in [0.2, 0.25) is 0 Å². The van der Waals surface area contributed by atoms with Crippen LogP contribution in [0.5, 0.6) is 5.75 Å². The van der Waals surface area contributed by atoms with Crippen molar-refractivity contribution in [3.05, 3.63) is 88.5 Å². The van der Waals surface area contributed by atoms with Gasteiger partial charge in [0, 0.05) is 18.9 Å². The van der Waals surface area contributed by atoms with Gasteiger partial charge in [0.25, 0.3) is 0 Å². The number of benzene rings is 3. The molecule has 0 heterocycles. The minimum Gasteiger partial charge on any atom is -0.494 e. The van der Waals surface area contributed by atoms with Crippen LogP contribution in [0.4, 0.5) is 0 Å². The maximum absolute atomic E-state index is 12.1. The van der Waals surface area contributed by atoms with Gasteiger partial charge in [-0.1, -0.05) is 48.5 Å². The van der Waals surface area contributed by atoms with Gasteiger partial charge < -0.3 is 14.2 Å². The Balaban J connectivity index is 1.40. The molecule has 4 rings (SSSR count). The third-order valence-corrected chi connectivity index (χ3v) is 6.55. The number of rotatable bonds is 10. The van der Waals surface area contributed by atoms with E-state index in [2.05, 4.69) is 50.2 Å². The summed E-state index contributed by atoms with van der Waals surface area (Å²) in [5, 5.41) is 0. The second kappa shape index (κ2) is 10.9. The minimum atomic E-state index is -0.578. The lowest BCUT2D eigenvalue weighted by Crippen LogP contribution is -2.28. The van der Waals surface area contributed by atoms with Crippen molar-refractivity contribution in [2.45, 2.75) is 52.6 Å². The van der Waals surface area contributed by atoms with Gasteiger partial charge in [0.15, 0.2) is 6.10 Å². The Morgan fingerprint density at radius 1 is 0.853 bits per heavy atom. The van der Waals surface area contributed by atoms with E-state index in [0.717, 1.165) is 17.7 Å². The molecule has 3 aromatic rings. The summed E-state index contributed by atoms with van der Waals surface area (Å²) in [6.07, 6.45) is 0.830. The van der Waals surface area contributed by atoms with Gasteiger partial charge in [0.1, 0.15) is 5.75 Å². The van der Waals surface area contributed by atoms with Crippen LogP contribution in [0.25, 0.3) is 11.1 Å². The number of carbonyl (C=O) groups is 1. The molecule has 3 aromatic carbocycles. The van der Waals surface area contributed by atoms with Crippen LogP contribution >= 0.6 is 0 Å². The molecule has 0 saturated heterocycles. The van der Waals surface area contributed by atoms with Gasteiger partial charge >= 0.3 is 5.97 Å². The van der Waals surface area contributed by atoms with E-state index in [-0.39, 0.29) is 5.97 Å². The first-order valence-corrected chi connectivity index (χ1v) is 12.2. The van der Waals surface area contributed by atoms with Gasteiger partial charge in [-0.3, -0.25) is 0 Å². The van der Waals surface area contributed by atoms with Crippen molar-refractivity contribution in [1.82, 2.24) is 0 Å². The molecule has 0 aromatic heterocycles. The molecule has 0 N–H and O–H groups in total. The van der Waals surface area contributed by atoms with Crippen LogP contribution in [0.15, 0.2) is 60.7 Å². The molecule has 0 fully saturated rings. The smallest absolute Gasteiger partial charge is 0.335 e. The minimum absolute atomic E-state index is 0.313. The van der Waals surface area contributed by atoms with Crippen molar-refractivity contribution in [2.24, 2.45) is 0 Å². The Labute approximate surface area is 202 Å². The predicted octanol–water partition coefficient (Wildman–Crippen LogP) is 6.40. The van der Waals surface area contributed by atoms with Crippen molar-refractivity contribution < 1.29 is 19.0 Å². The molecular weight excluding hydrogens is 424 g/mol. The molecule has 1 atom stereocenters. The summed E-state index contributed by atoms with van der Waals surface area (Å²) in [5.41, 5.74) is 9.29. The molecule has 0 spiro atoms. The molecule has 0 saturated carbocycles. The highest BCUT2D eigenvalue weighted by molar-refractivity contribution is 5.83. The van der Waals surface area contributed by atoms with Gasteiger partial charge in [0.05, 0.1) is 13.2 Å². The second-order valence-electron chi connectivity index (χ2n) is 8.81. The summed E-state index contributed by atoms with van der Waals surface area (Å²) in [4.78, 5) is 12.1. The zero-order valence-electron chi connectivity index (χ0n) is 20.6. The molecule has 4 nitrogen and oxygen atoms in total. The first-order chi connectivity index (χ1) is 16.5. The Bertz CT molecular complexity index is 1080. The molecule has 178 valence electrons. The van der Waals surface area contributed by atoms with Gasteiger partial charge in [-0.15, -0.1) is 0 Å². The van der Waals surface area contributed by atoms with Crippen molar-refractivity contribution in [3.8, 4) is 16.9 Å². The van der Waals surface area contributed by atoms with E-state index < -0.39 is 6.10 Å². The molecule has 1 aliphatic rings. The molecule has 1 unspecified atom stereocenters. The Kier molecular flexibility index (Phi) is 7.69. The molecule has 0 amide bonds. The average Bonchev–Trinajstić information content (AvgIpc) is 3.16. The fraction of sp³-hybridized carbons (Fsp3) is 0.367. The molecule has 0 aliphatic heterocycles. The second-order valence-corrected chi connectivity index (χ2v) is 8.81. The van der Waals surface area contributed by atoms with Crippen LogP contribution in [0.2, 0.25) is 0 Å². The maximum Gasteiger partial charge on any atom is 0.335 e. The molecule has 1 aliphatic carbocycles. The number of hydrogen-bond acceptors (Lipinski definition) is 4. The lowest BCUT2D eigenvalue weighted by atomic mass is 9.93. The van der Waals surface area contributed by atoms with E-state index in [9.17, 15) is 4.79 Å². The lowest BCUT2D eigenvalue weighted by molar-refractivity contribution is -0.156. The van der Waals surface area contributed by atoms with Crippen LogP contribution in [-0.4, -0.2) is 31.9 Å². The lowest BCUT2D eigenvalue weighted by Gasteiger charge is -2.16. The zero-order valence-corrected chi connectivity index (χ0v) is 20.6. The third kappa shape index (κ3) is 5.02. The van der Waals surface area contributed by atoms with Crippen LogP contribution in [-0.2, 0) is 20.7 Å². The highest BCUT2D eigenvalue weighted by atomic mass is 16.6. The quantitative estimate of drug-likeness (QED) is 0.330. The van der Waals surface area contributed by atoms with Crippen LogP contribution in [0.1, 0.15) is 54.0 Å². The van der Waals surface area contributed by atoms with Crippen molar-refractivity contribution in [3.63, 3.8) is 0 Å². The van der Waals surface area contributed by atoms with Crippen molar-refractivity contribution in [1.29, 1.82) is 0 Å². The predicted molar refractivity (Wildman–Crippen MR) is 135 cm³/mol. The summed E-state index contributed by atoms with van der Waals surface area (Å²) in [6.45, 7) is 9.54. The monoisotopic (exact) mass is 458 g/mol. The fourth-order valence-electron chi connectivity index (χ4n) is 5.00. The standard InChI is InChI=1S/C30H34O4/c1-5-32-27(30(31)33-6-2)19-22-13-15-23(16-14-22)34-18-17-24-25-11-7-9-20(3)28(25)29-21(4)10-8-12-26(24)29/h7-16,24,27H,5-6,17-19H2,1-4H3. The molecule has 0 radical (unpaired) electrons. The Hall–Kier alpha value is -3.11. The number of ether oxygens (including phenoxy) is 3. The zero-order chi connectivity index (χ0) is 24.1. The van der Waals surface area contributed by atoms with Crippen molar-refractivity contribution >= 4 is 5.97 Å². The fourth-order valence-corrected chi connectivity index (χ4v) is 5.00. The van der Waals surface area contributed by atoms with Crippen LogP contribution < -0.4 is 4.74 Å². The van der Waals surface area contributed by atoms with E-state index in [1.54, 1.807) is 6.92 Å². The molecule has 4 heteroatoms. The van der Waals surface area contributed by atoms with Crippen LogP contribution in [0, 0.1) is 13.8 Å². The average molecular weight is 459 g/mol. The SMILES string of the molecule is CCOC(=O)C(Cc1ccc(OCCC2c3cccc(C)c3-c3c(C)cccc32)cc1)OCC. The molecule has 34 heavy (non-hydrogen) atoms. The van der Waals surface area contributed by atoms with Crippen molar-refractivity contribution in [2.75, 3.05) is 19.8 Å². The number of esters is 1. The van der Waals surface area contributed by atoms with E-state index in [1.165, 1.54) is 33.4 Å². The normalized spacial score (nSPS) is 13.3. The maximum atomic E-state index is 12.1. The van der Waals surface area contributed by atoms with Gasteiger partial charge in [-0.05, 0) is 85.2 Å². The third-order valence-electron chi connectivity index (χ3n) is 6.55. The van der Waals surface area contributed by atoms with Gasteiger partial charge in [-0.25, -0.2) is 4.79 Å². The summed E-state index contributed by atoms with van der Waals surface area (Å²) in [6, 6.07) is 21.2. The summed E-state index contributed by atoms with van der Waals surface area (Å²) >= 11 is 0. The first-order valence-electron chi connectivity index (χ1n) is 12.2. The highest BCUT2D eigenvalue weighted by Crippen LogP contribution is 2.49. The van der Waals surface area contributed by atoms with E-state index in [1.807, 2.05) is 31.2 Å². The number of carbonyl (C=O) groups excluding carboxylic acids is 1. The first kappa shape index (κ1) is 24.0. The molecule has 0 bridgehead atoms. The Morgan fingerprint density at radius 2 is 1.47 bits per heavy atom. The van der Waals surface area contributed by atoms with E-state index in [4.69, 9.17) is 14.2 Å². The molecular formula is C30H34O4. The van der Waals surface area contributed by atoms with Gasteiger partial charge in [-0.2, -0.15) is 0 Å². The highest BCUT2D eigenvalue weighted by Gasteiger charge is 2.30. The Morgan fingerprint density at radius 3 is 2.03 bits per heavy atom. The summed E-state index contributed by atoms with van der Waals surface area (Å²) in [7, 11) is 0. The summed E-state index contributed by atoms with van der Waals surface area (Å²) in [5.74, 6) is 0.868. The van der Waals surface area contributed by atoms with E-state index >= 15 is 0 Å². The van der Waals surface area contributed by atoms with Crippen LogP contribution in [0.3, 0.4) is 0 Å². The number of fused-ring (bicyclic) bond motifs is 3. The topological polar surface area (TPSA) is 44.8 Å².